The van der Waals surface area contributed by atoms with Crippen LogP contribution in [0.25, 0.3) is 17.7 Å². The first-order valence-electron chi connectivity index (χ1n) is 9.14. The van der Waals surface area contributed by atoms with E-state index in [1.807, 2.05) is 61.5 Å². The number of ether oxygens (including phenoxy) is 1. The van der Waals surface area contributed by atoms with E-state index in [1.54, 1.807) is 0 Å². The van der Waals surface area contributed by atoms with Gasteiger partial charge in [-0.2, -0.15) is 0 Å². The van der Waals surface area contributed by atoms with Crippen LogP contribution in [0.5, 0.6) is 0 Å². The van der Waals surface area contributed by atoms with Gasteiger partial charge in [0.25, 0.3) is 0 Å². The molecule has 1 aliphatic carbocycles. The smallest absolute Gasteiger partial charge is 0.334 e. The number of hydrogen-bond acceptors (Lipinski definition) is 2. The Morgan fingerprint density at radius 2 is 1.89 bits per heavy atom. The first-order valence-corrected chi connectivity index (χ1v) is 9.14. The molecule has 0 fully saturated rings. The third-order valence-corrected chi connectivity index (χ3v) is 4.25. The molecule has 134 valence electrons. The number of carbonyl (C=O) groups is 1. The van der Waals surface area contributed by atoms with E-state index in [2.05, 4.69) is 36.1 Å². The SMILES string of the molecule is CCOC(=O)C(=Cc1ccccc1)CC#CC=C1CC=Cc2ccccc21. The number of benzene rings is 2. The average Bonchev–Trinajstić information content (AvgIpc) is 2.71. The van der Waals surface area contributed by atoms with Crippen molar-refractivity contribution < 1.29 is 9.53 Å². The Morgan fingerprint density at radius 1 is 1.11 bits per heavy atom. The van der Waals surface area contributed by atoms with Crippen molar-refractivity contribution in [3.63, 3.8) is 0 Å². The average molecular weight is 354 g/mol. The molecule has 0 heterocycles. The van der Waals surface area contributed by atoms with Crippen molar-refractivity contribution in [1.82, 2.24) is 0 Å². The van der Waals surface area contributed by atoms with Crippen LogP contribution in [0.4, 0.5) is 0 Å². The fraction of sp³-hybridized carbons (Fsp3) is 0.160. The van der Waals surface area contributed by atoms with Crippen molar-refractivity contribution in [2.45, 2.75) is 19.8 Å². The number of fused-ring (bicyclic) bond motifs is 1. The van der Waals surface area contributed by atoms with Gasteiger partial charge in [0.2, 0.25) is 0 Å². The van der Waals surface area contributed by atoms with Crippen molar-refractivity contribution in [1.29, 1.82) is 0 Å². The predicted molar refractivity (Wildman–Crippen MR) is 112 cm³/mol. The van der Waals surface area contributed by atoms with Gasteiger partial charge < -0.3 is 4.74 Å². The Bertz CT molecular complexity index is 951. The van der Waals surface area contributed by atoms with Crippen LogP contribution in [0.1, 0.15) is 36.5 Å². The second kappa shape index (κ2) is 9.40. The van der Waals surface area contributed by atoms with Gasteiger partial charge in [0.05, 0.1) is 6.61 Å². The molecule has 0 N–H and O–H groups in total. The van der Waals surface area contributed by atoms with Crippen LogP contribution >= 0.6 is 0 Å². The molecule has 2 nitrogen and oxygen atoms in total. The molecular weight excluding hydrogens is 332 g/mol. The molecule has 0 bridgehead atoms. The van der Waals surface area contributed by atoms with E-state index < -0.39 is 0 Å². The van der Waals surface area contributed by atoms with Gasteiger partial charge in [-0.15, -0.1) is 0 Å². The van der Waals surface area contributed by atoms with Crippen molar-refractivity contribution in [2.24, 2.45) is 0 Å². The summed E-state index contributed by atoms with van der Waals surface area (Å²) in [5.41, 5.74) is 5.17. The predicted octanol–water partition coefficient (Wildman–Crippen LogP) is 5.53. The minimum atomic E-state index is -0.311. The molecule has 0 aromatic heterocycles. The molecule has 0 radical (unpaired) electrons. The molecule has 2 heteroatoms. The fourth-order valence-electron chi connectivity index (χ4n) is 2.94. The lowest BCUT2D eigenvalue weighted by Gasteiger charge is -2.12. The Labute approximate surface area is 160 Å². The largest absolute Gasteiger partial charge is 0.463 e. The summed E-state index contributed by atoms with van der Waals surface area (Å²) in [6.45, 7) is 2.16. The second-order valence-electron chi connectivity index (χ2n) is 6.16. The number of hydrogen-bond donors (Lipinski definition) is 0. The zero-order chi connectivity index (χ0) is 18.9. The molecule has 1 aliphatic rings. The number of esters is 1. The zero-order valence-electron chi connectivity index (χ0n) is 15.4. The second-order valence-corrected chi connectivity index (χ2v) is 6.16. The highest BCUT2D eigenvalue weighted by Crippen LogP contribution is 2.28. The minimum absolute atomic E-state index is 0.311. The minimum Gasteiger partial charge on any atom is -0.463 e. The van der Waals surface area contributed by atoms with Crippen LogP contribution in [-0.4, -0.2) is 12.6 Å². The molecule has 3 rings (SSSR count). The summed E-state index contributed by atoms with van der Waals surface area (Å²) in [5.74, 6) is 5.91. The quantitative estimate of drug-likeness (QED) is 0.410. The maximum Gasteiger partial charge on any atom is 0.334 e. The maximum atomic E-state index is 12.2. The van der Waals surface area contributed by atoms with Crippen LogP contribution in [0.15, 0.2) is 72.3 Å². The molecule has 0 unspecified atom stereocenters. The normalized spacial score (nSPS) is 14.3. The summed E-state index contributed by atoms with van der Waals surface area (Å²) in [6, 6.07) is 18.1. The van der Waals surface area contributed by atoms with Gasteiger partial charge in [-0.1, -0.05) is 78.6 Å². The van der Waals surface area contributed by atoms with Crippen LogP contribution < -0.4 is 0 Å². The zero-order valence-corrected chi connectivity index (χ0v) is 15.4. The Morgan fingerprint density at radius 3 is 2.70 bits per heavy atom. The van der Waals surface area contributed by atoms with E-state index >= 15 is 0 Å². The van der Waals surface area contributed by atoms with Crippen LogP contribution in [0.3, 0.4) is 0 Å². The Balaban J connectivity index is 1.78. The summed E-state index contributed by atoms with van der Waals surface area (Å²) in [5, 5.41) is 0. The first kappa shape index (κ1) is 18.5. The molecule has 0 aliphatic heterocycles. The van der Waals surface area contributed by atoms with Gasteiger partial charge in [-0.05, 0) is 47.8 Å². The number of carbonyl (C=O) groups excluding carboxylic acids is 1. The van der Waals surface area contributed by atoms with Gasteiger partial charge in [-0.3, -0.25) is 0 Å². The van der Waals surface area contributed by atoms with Crippen molar-refractivity contribution in [2.75, 3.05) is 6.61 Å². The van der Waals surface area contributed by atoms with Crippen LogP contribution in [-0.2, 0) is 9.53 Å². The molecule has 0 saturated carbocycles. The standard InChI is InChI=1S/C25H22O2/c1-2-27-25(26)23(19-20-11-4-3-5-12-20)15-7-6-13-21-16-10-17-22-14-8-9-18-24(21)22/h3-5,8-14,17-19H,2,15-16H2,1H3. The summed E-state index contributed by atoms with van der Waals surface area (Å²) < 4.78 is 5.17. The highest BCUT2D eigenvalue weighted by molar-refractivity contribution is 5.94. The van der Waals surface area contributed by atoms with Crippen molar-refractivity contribution in [3.05, 3.63) is 89.0 Å². The lowest BCUT2D eigenvalue weighted by Crippen LogP contribution is -2.07. The summed E-state index contributed by atoms with van der Waals surface area (Å²) in [7, 11) is 0. The monoisotopic (exact) mass is 354 g/mol. The van der Waals surface area contributed by atoms with E-state index in [-0.39, 0.29) is 5.97 Å². The number of rotatable bonds is 4. The van der Waals surface area contributed by atoms with Crippen molar-refractivity contribution in [3.8, 4) is 11.8 Å². The molecular formula is C25H22O2. The topological polar surface area (TPSA) is 26.3 Å². The van der Waals surface area contributed by atoms with Crippen LogP contribution in [0.2, 0.25) is 0 Å². The van der Waals surface area contributed by atoms with E-state index in [0.29, 0.717) is 18.6 Å². The highest BCUT2D eigenvalue weighted by atomic mass is 16.5. The molecule has 0 amide bonds. The van der Waals surface area contributed by atoms with E-state index in [4.69, 9.17) is 4.74 Å². The molecule has 2 aromatic carbocycles. The molecule has 27 heavy (non-hydrogen) atoms. The Kier molecular flexibility index (Phi) is 6.44. The highest BCUT2D eigenvalue weighted by Gasteiger charge is 2.10. The van der Waals surface area contributed by atoms with E-state index in [1.165, 1.54) is 16.7 Å². The summed E-state index contributed by atoms with van der Waals surface area (Å²) in [6.07, 6.45) is 9.31. The molecule has 0 saturated heterocycles. The molecule has 2 aromatic rings. The maximum absolute atomic E-state index is 12.2. The van der Waals surface area contributed by atoms with Gasteiger partial charge in [0, 0.05) is 12.0 Å². The third-order valence-electron chi connectivity index (χ3n) is 4.25. The van der Waals surface area contributed by atoms with Crippen LogP contribution in [0, 0.1) is 11.8 Å². The molecule has 0 spiro atoms. The van der Waals surface area contributed by atoms with Gasteiger partial charge in [-0.25, -0.2) is 4.79 Å². The fourth-order valence-corrected chi connectivity index (χ4v) is 2.94. The summed E-state index contributed by atoms with van der Waals surface area (Å²) >= 11 is 0. The molecule has 0 atom stereocenters. The lowest BCUT2D eigenvalue weighted by molar-refractivity contribution is -0.138. The lowest BCUT2D eigenvalue weighted by atomic mass is 9.92. The Hall–Kier alpha value is -3.31. The van der Waals surface area contributed by atoms with Gasteiger partial charge in [0.1, 0.15) is 0 Å². The third kappa shape index (κ3) is 5.09. The van der Waals surface area contributed by atoms with Gasteiger partial charge >= 0.3 is 5.97 Å². The van der Waals surface area contributed by atoms with E-state index in [9.17, 15) is 4.79 Å². The van der Waals surface area contributed by atoms with Crippen molar-refractivity contribution >= 4 is 23.7 Å². The van der Waals surface area contributed by atoms with E-state index in [0.717, 1.165) is 12.0 Å². The number of allylic oxidation sites excluding steroid dienone is 3. The van der Waals surface area contributed by atoms with Gasteiger partial charge in [0.15, 0.2) is 0 Å². The first-order chi connectivity index (χ1) is 13.3. The summed E-state index contributed by atoms with van der Waals surface area (Å²) in [4.78, 5) is 12.2.